The fourth-order valence-corrected chi connectivity index (χ4v) is 0.200. The number of carbonyl (C=O) groups excluding carboxylic acids is 1. The van der Waals surface area contributed by atoms with Crippen LogP contribution in [0.25, 0.3) is 0 Å². The minimum Gasteiger partial charge on any atom is -0.395 e. The Morgan fingerprint density at radius 3 is 1.90 bits per heavy atom. The van der Waals surface area contributed by atoms with Gasteiger partial charge in [0.15, 0.2) is 0 Å². The van der Waals surface area contributed by atoms with Crippen molar-refractivity contribution in [3.8, 4) is 0 Å². The molecule has 0 aliphatic rings. The van der Waals surface area contributed by atoms with Crippen LogP contribution in [-0.4, -0.2) is 43.3 Å². The minimum atomic E-state index is -1.33. The van der Waals surface area contributed by atoms with Crippen LogP contribution >= 0.6 is 0 Å². The molecule has 0 spiro atoms. The molecule has 10 heavy (non-hydrogen) atoms. The fraction of sp³-hybridized carbons (Fsp3) is 0.833. The van der Waals surface area contributed by atoms with Crippen molar-refractivity contribution >= 4 is 6.04 Å². The van der Waals surface area contributed by atoms with Crippen LogP contribution in [0.15, 0.2) is 0 Å². The van der Waals surface area contributed by atoms with Crippen molar-refractivity contribution < 1.29 is 14.3 Å². The van der Waals surface area contributed by atoms with E-state index < -0.39 is 6.04 Å². The standard InChI is InChI=1S/C4H11NO.C2H3FO/c1-5(2)3-4-6;1-2(3)4/h6H,3-4H2,1-2H3;1H3. The molecule has 0 atom stereocenters. The number of nitrogens with zero attached hydrogens (tertiary/aromatic N) is 1. The number of likely N-dealkylation sites (N-methyl/N-ethyl adjacent to an activating group) is 1. The Bertz CT molecular complexity index is 81.8. The lowest BCUT2D eigenvalue weighted by Gasteiger charge is -2.03. The van der Waals surface area contributed by atoms with Gasteiger partial charge in [-0.25, -0.2) is 0 Å². The highest BCUT2D eigenvalue weighted by Gasteiger charge is 1.80. The zero-order chi connectivity index (χ0) is 8.57. The van der Waals surface area contributed by atoms with E-state index in [1.165, 1.54) is 0 Å². The number of halogens is 1. The third-order valence-corrected chi connectivity index (χ3v) is 0.547. The quantitative estimate of drug-likeness (QED) is 0.566. The van der Waals surface area contributed by atoms with Crippen LogP contribution in [0, 0.1) is 0 Å². The van der Waals surface area contributed by atoms with Crippen LogP contribution < -0.4 is 0 Å². The molecule has 0 bridgehead atoms. The van der Waals surface area contributed by atoms with E-state index in [0.717, 1.165) is 13.5 Å². The first-order chi connectivity index (χ1) is 4.50. The van der Waals surface area contributed by atoms with Crippen molar-refractivity contribution in [2.24, 2.45) is 0 Å². The largest absolute Gasteiger partial charge is 0.395 e. The lowest BCUT2D eigenvalue weighted by Crippen LogP contribution is -2.15. The Hall–Kier alpha value is -0.480. The third-order valence-electron chi connectivity index (χ3n) is 0.547. The number of hydrogen-bond donors (Lipinski definition) is 1. The van der Waals surface area contributed by atoms with Gasteiger partial charge in [0.1, 0.15) is 0 Å². The van der Waals surface area contributed by atoms with Crippen LogP contribution in [-0.2, 0) is 4.79 Å². The third kappa shape index (κ3) is 50.3. The maximum absolute atomic E-state index is 10.4. The number of hydrogen-bond acceptors (Lipinski definition) is 3. The first-order valence-electron chi connectivity index (χ1n) is 2.92. The zero-order valence-corrected chi connectivity index (χ0v) is 6.59. The molecular formula is C6H14FNO2. The number of aliphatic hydroxyl groups is 1. The minimum absolute atomic E-state index is 0.257. The van der Waals surface area contributed by atoms with Crippen molar-refractivity contribution in [1.82, 2.24) is 4.90 Å². The normalized spacial score (nSPS) is 8.60. The summed E-state index contributed by atoms with van der Waals surface area (Å²) < 4.78 is 10.4. The average Bonchev–Trinajstić information content (AvgIpc) is 1.62. The van der Waals surface area contributed by atoms with Crippen molar-refractivity contribution in [3.05, 3.63) is 0 Å². The number of rotatable bonds is 2. The molecule has 0 amide bonds. The molecule has 0 aromatic heterocycles. The van der Waals surface area contributed by atoms with Gasteiger partial charge in [-0.05, 0) is 14.1 Å². The molecule has 0 aromatic rings. The smallest absolute Gasteiger partial charge is 0.298 e. The second-order valence-electron chi connectivity index (χ2n) is 2.00. The predicted molar refractivity (Wildman–Crippen MR) is 37.4 cm³/mol. The topological polar surface area (TPSA) is 40.5 Å². The van der Waals surface area contributed by atoms with Crippen molar-refractivity contribution in [1.29, 1.82) is 0 Å². The second-order valence-corrected chi connectivity index (χ2v) is 2.00. The highest BCUT2D eigenvalue weighted by Crippen LogP contribution is 1.66. The Morgan fingerprint density at radius 1 is 1.60 bits per heavy atom. The molecule has 0 saturated heterocycles. The molecule has 1 N–H and O–H groups in total. The summed E-state index contributed by atoms with van der Waals surface area (Å²) in [6, 6.07) is -1.33. The molecule has 62 valence electrons. The van der Waals surface area contributed by atoms with E-state index in [1.807, 2.05) is 19.0 Å². The molecular weight excluding hydrogens is 137 g/mol. The SMILES string of the molecule is CC(=O)F.CN(C)CCO. The van der Waals surface area contributed by atoms with Gasteiger partial charge in [-0.1, -0.05) is 0 Å². The molecule has 0 unspecified atom stereocenters. The van der Waals surface area contributed by atoms with Crippen molar-refractivity contribution in [3.63, 3.8) is 0 Å². The monoisotopic (exact) mass is 151 g/mol. The summed E-state index contributed by atoms with van der Waals surface area (Å²) in [6.07, 6.45) is 0. The van der Waals surface area contributed by atoms with Crippen LogP contribution in [0.4, 0.5) is 4.39 Å². The van der Waals surface area contributed by atoms with E-state index in [0.29, 0.717) is 0 Å². The van der Waals surface area contributed by atoms with E-state index in [9.17, 15) is 4.39 Å². The van der Waals surface area contributed by atoms with Gasteiger partial charge >= 0.3 is 0 Å². The summed E-state index contributed by atoms with van der Waals surface area (Å²) in [4.78, 5) is 10.7. The van der Waals surface area contributed by atoms with Gasteiger partial charge in [0.05, 0.1) is 6.61 Å². The molecule has 0 radical (unpaired) electrons. The summed E-state index contributed by atoms with van der Waals surface area (Å²) >= 11 is 0. The van der Waals surface area contributed by atoms with Crippen LogP contribution in [0.3, 0.4) is 0 Å². The summed E-state index contributed by atoms with van der Waals surface area (Å²) in [7, 11) is 3.85. The average molecular weight is 151 g/mol. The lowest BCUT2D eigenvalue weighted by atomic mass is 10.6. The van der Waals surface area contributed by atoms with Gasteiger partial charge in [-0.3, -0.25) is 4.79 Å². The van der Waals surface area contributed by atoms with Crippen LogP contribution in [0.1, 0.15) is 6.92 Å². The molecule has 0 fully saturated rings. The predicted octanol–water partition coefficient (Wildman–Crippen LogP) is 0.0427. The van der Waals surface area contributed by atoms with Crippen LogP contribution in [0.5, 0.6) is 0 Å². The van der Waals surface area contributed by atoms with E-state index >= 15 is 0 Å². The van der Waals surface area contributed by atoms with Crippen molar-refractivity contribution in [2.45, 2.75) is 6.92 Å². The van der Waals surface area contributed by atoms with E-state index in [4.69, 9.17) is 9.90 Å². The van der Waals surface area contributed by atoms with E-state index in [1.54, 1.807) is 0 Å². The van der Waals surface area contributed by atoms with Gasteiger partial charge in [0.25, 0.3) is 6.04 Å². The second kappa shape index (κ2) is 8.52. The van der Waals surface area contributed by atoms with Crippen LogP contribution in [0.2, 0.25) is 0 Å². The van der Waals surface area contributed by atoms with Gasteiger partial charge < -0.3 is 10.0 Å². The molecule has 3 nitrogen and oxygen atoms in total. The Balaban J connectivity index is 0. The van der Waals surface area contributed by atoms with Gasteiger partial charge in [-0.15, -0.1) is 0 Å². The number of aliphatic hydroxyl groups excluding tert-OH is 1. The van der Waals surface area contributed by atoms with E-state index in [-0.39, 0.29) is 6.61 Å². The Morgan fingerprint density at radius 2 is 1.90 bits per heavy atom. The highest BCUT2D eigenvalue weighted by atomic mass is 19.1. The Kier molecular flexibility index (Phi) is 10.4. The van der Waals surface area contributed by atoms with Gasteiger partial charge in [0.2, 0.25) is 0 Å². The molecule has 0 aliphatic carbocycles. The molecule has 0 rings (SSSR count). The number of carbonyl (C=O) groups is 1. The maximum atomic E-state index is 10.4. The molecule has 0 heterocycles. The summed E-state index contributed by atoms with van der Waals surface area (Å²) in [5, 5.41) is 8.20. The Labute approximate surface area is 60.5 Å². The highest BCUT2D eigenvalue weighted by molar-refractivity contribution is 5.64. The van der Waals surface area contributed by atoms with Gasteiger partial charge in [-0.2, -0.15) is 4.39 Å². The van der Waals surface area contributed by atoms with E-state index in [2.05, 4.69) is 0 Å². The summed E-state index contributed by atoms with van der Waals surface area (Å²) in [5.74, 6) is 0. The first kappa shape index (κ1) is 12.2. The summed E-state index contributed by atoms with van der Waals surface area (Å²) in [6.45, 7) is 1.88. The molecule has 0 aromatic carbocycles. The van der Waals surface area contributed by atoms with Crippen molar-refractivity contribution in [2.75, 3.05) is 27.2 Å². The first-order valence-corrected chi connectivity index (χ1v) is 2.92. The summed E-state index contributed by atoms with van der Waals surface area (Å²) in [5.41, 5.74) is 0. The zero-order valence-electron chi connectivity index (χ0n) is 6.59. The molecule has 0 saturated carbocycles. The fourth-order valence-electron chi connectivity index (χ4n) is 0.200. The maximum Gasteiger partial charge on any atom is 0.298 e. The molecule has 4 heteroatoms. The lowest BCUT2D eigenvalue weighted by molar-refractivity contribution is -0.126. The molecule has 0 aliphatic heterocycles. The van der Waals surface area contributed by atoms with Gasteiger partial charge in [0, 0.05) is 13.5 Å².